The second-order valence-corrected chi connectivity index (χ2v) is 7.85. The van der Waals surface area contributed by atoms with Gasteiger partial charge in [-0.25, -0.2) is 17.5 Å². The fourth-order valence-corrected chi connectivity index (χ4v) is 4.62. The van der Waals surface area contributed by atoms with E-state index in [1.165, 1.54) is 41.8 Å². The summed E-state index contributed by atoms with van der Waals surface area (Å²) in [7, 11) is -3.66. The van der Waals surface area contributed by atoms with Gasteiger partial charge < -0.3 is 4.52 Å². The second kappa shape index (κ2) is 6.23. The van der Waals surface area contributed by atoms with Crippen molar-refractivity contribution in [1.29, 1.82) is 0 Å². The molecule has 8 heteroatoms. The van der Waals surface area contributed by atoms with Crippen molar-refractivity contribution in [1.82, 2.24) is 9.88 Å². The van der Waals surface area contributed by atoms with Crippen LogP contribution in [-0.4, -0.2) is 13.6 Å². The van der Waals surface area contributed by atoms with Crippen molar-refractivity contribution in [3.8, 4) is 10.6 Å². The van der Waals surface area contributed by atoms with Crippen LogP contribution in [-0.2, 0) is 16.6 Å². The van der Waals surface area contributed by atoms with Crippen LogP contribution in [0.3, 0.4) is 0 Å². The minimum atomic E-state index is -3.66. The Kier molecular flexibility index (Phi) is 4.29. The average molecular weight is 352 g/mol. The van der Waals surface area contributed by atoms with Gasteiger partial charge >= 0.3 is 0 Å². The Hall–Kier alpha value is -2.03. The maximum Gasteiger partial charge on any atom is 0.241 e. The molecule has 0 fully saturated rings. The molecule has 0 aliphatic rings. The molecule has 0 spiro atoms. The number of nitrogens with zero attached hydrogens (tertiary/aromatic N) is 1. The lowest BCUT2D eigenvalue weighted by molar-refractivity contribution is 0.433. The second-order valence-electron chi connectivity index (χ2n) is 4.86. The van der Waals surface area contributed by atoms with Gasteiger partial charge in [0.05, 0.1) is 16.0 Å². The molecule has 5 nitrogen and oxygen atoms in total. The number of halogens is 1. The van der Waals surface area contributed by atoms with E-state index in [0.29, 0.717) is 21.1 Å². The van der Waals surface area contributed by atoms with Crippen molar-refractivity contribution in [3.05, 3.63) is 58.9 Å². The van der Waals surface area contributed by atoms with E-state index >= 15 is 0 Å². The number of nitrogens with one attached hydrogen (secondary N) is 1. The normalized spacial score (nSPS) is 11.7. The lowest BCUT2D eigenvalue weighted by Crippen LogP contribution is -2.23. The molecule has 3 rings (SSSR count). The first-order chi connectivity index (χ1) is 11.0. The Bertz CT molecular complexity index is 901. The minimum Gasteiger partial charge on any atom is -0.355 e. The third-order valence-corrected chi connectivity index (χ3v) is 5.94. The molecule has 0 radical (unpaired) electrons. The zero-order chi connectivity index (χ0) is 16.4. The highest BCUT2D eigenvalue weighted by atomic mass is 32.2. The van der Waals surface area contributed by atoms with E-state index in [-0.39, 0.29) is 17.3 Å². The van der Waals surface area contributed by atoms with Crippen molar-refractivity contribution in [3.63, 3.8) is 0 Å². The summed E-state index contributed by atoms with van der Waals surface area (Å²) in [6.07, 6.45) is 1.51. The van der Waals surface area contributed by atoms with Crippen LogP contribution >= 0.6 is 11.3 Å². The number of hydrogen-bond acceptors (Lipinski definition) is 5. The molecule has 1 N–H and O–H groups in total. The van der Waals surface area contributed by atoms with Gasteiger partial charge in [0.2, 0.25) is 10.0 Å². The van der Waals surface area contributed by atoms with Crippen LogP contribution in [0.15, 0.2) is 52.0 Å². The van der Waals surface area contributed by atoms with Gasteiger partial charge in [-0.15, -0.1) is 11.3 Å². The Morgan fingerprint density at radius 1 is 1.26 bits per heavy atom. The number of hydrogen-bond donors (Lipinski definition) is 1. The van der Waals surface area contributed by atoms with E-state index < -0.39 is 10.0 Å². The summed E-state index contributed by atoms with van der Waals surface area (Å²) in [5.41, 5.74) is 0.679. The van der Waals surface area contributed by atoms with Crippen LogP contribution in [0.2, 0.25) is 0 Å². The highest BCUT2D eigenvalue weighted by Crippen LogP contribution is 2.33. The predicted octanol–water partition coefficient (Wildman–Crippen LogP) is 3.33. The lowest BCUT2D eigenvalue weighted by atomic mass is 10.2. The largest absolute Gasteiger partial charge is 0.355 e. The zero-order valence-corrected chi connectivity index (χ0v) is 13.7. The number of thiophene rings is 1. The monoisotopic (exact) mass is 352 g/mol. The standard InChI is InChI=1S/C15H13FN2O3S2/c1-10-15(8-14(22-10)13-6-7-17-21-13)23(19,20)18-9-11-2-4-12(16)5-3-11/h2-8,18H,9H2,1H3. The van der Waals surface area contributed by atoms with Crippen LogP contribution in [0.1, 0.15) is 10.4 Å². The molecule has 0 unspecified atom stereocenters. The first-order valence-corrected chi connectivity index (χ1v) is 9.01. The highest BCUT2D eigenvalue weighted by Gasteiger charge is 2.21. The van der Waals surface area contributed by atoms with E-state index in [1.807, 2.05) is 0 Å². The molecule has 0 saturated heterocycles. The summed E-state index contributed by atoms with van der Waals surface area (Å²) in [5, 5.41) is 3.62. The van der Waals surface area contributed by atoms with E-state index in [4.69, 9.17) is 4.52 Å². The summed E-state index contributed by atoms with van der Waals surface area (Å²) in [5.74, 6) is 0.167. The predicted molar refractivity (Wildman–Crippen MR) is 85.0 cm³/mol. The molecular weight excluding hydrogens is 339 g/mol. The summed E-state index contributed by atoms with van der Waals surface area (Å²) < 4.78 is 45.3. The van der Waals surface area contributed by atoms with Gasteiger partial charge in [0.15, 0.2) is 5.76 Å². The Balaban J connectivity index is 1.81. The van der Waals surface area contributed by atoms with Crippen molar-refractivity contribution < 1.29 is 17.3 Å². The molecule has 0 aliphatic carbocycles. The quantitative estimate of drug-likeness (QED) is 0.764. The molecule has 2 heterocycles. The van der Waals surface area contributed by atoms with Gasteiger partial charge in [0.25, 0.3) is 0 Å². The first-order valence-electron chi connectivity index (χ1n) is 6.71. The van der Waals surface area contributed by atoms with Crippen LogP contribution in [0.5, 0.6) is 0 Å². The Morgan fingerprint density at radius 2 is 2.00 bits per heavy atom. The first kappa shape index (κ1) is 15.9. The van der Waals surface area contributed by atoms with Crippen LogP contribution < -0.4 is 4.72 Å². The van der Waals surface area contributed by atoms with Gasteiger partial charge in [0.1, 0.15) is 5.82 Å². The van der Waals surface area contributed by atoms with Crippen molar-refractivity contribution in [2.45, 2.75) is 18.4 Å². The number of aromatic nitrogens is 1. The third kappa shape index (κ3) is 3.49. The van der Waals surface area contributed by atoms with Gasteiger partial charge in [0, 0.05) is 17.5 Å². The minimum absolute atomic E-state index is 0.0928. The van der Waals surface area contributed by atoms with Gasteiger partial charge in [-0.1, -0.05) is 17.3 Å². The van der Waals surface area contributed by atoms with Crippen LogP contribution in [0, 0.1) is 12.7 Å². The van der Waals surface area contributed by atoms with E-state index in [9.17, 15) is 12.8 Å². The summed E-state index contributed by atoms with van der Waals surface area (Å²) in [6.45, 7) is 1.83. The number of benzene rings is 1. The molecule has 2 aromatic heterocycles. The van der Waals surface area contributed by atoms with E-state index in [1.54, 1.807) is 19.1 Å². The average Bonchev–Trinajstić information content (AvgIpc) is 3.16. The van der Waals surface area contributed by atoms with Crippen molar-refractivity contribution in [2.24, 2.45) is 0 Å². The number of aryl methyl sites for hydroxylation is 1. The Labute approximate surface area is 136 Å². The fraction of sp³-hybridized carbons (Fsp3) is 0.133. The van der Waals surface area contributed by atoms with Gasteiger partial charge in [-0.05, 0) is 30.7 Å². The van der Waals surface area contributed by atoms with Crippen LogP contribution in [0.4, 0.5) is 4.39 Å². The van der Waals surface area contributed by atoms with Crippen molar-refractivity contribution >= 4 is 21.4 Å². The van der Waals surface area contributed by atoms with Gasteiger partial charge in [-0.2, -0.15) is 0 Å². The molecular formula is C15H13FN2O3S2. The maximum atomic E-state index is 12.9. The van der Waals surface area contributed by atoms with Crippen molar-refractivity contribution in [2.75, 3.05) is 0 Å². The molecule has 0 bridgehead atoms. The van der Waals surface area contributed by atoms with Crippen LogP contribution in [0.25, 0.3) is 10.6 Å². The molecule has 1 aromatic carbocycles. The zero-order valence-electron chi connectivity index (χ0n) is 12.1. The lowest BCUT2D eigenvalue weighted by Gasteiger charge is -2.06. The fourth-order valence-electron chi connectivity index (χ4n) is 2.05. The summed E-state index contributed by atoms with van der Waals surface area (Å²) >= 11 is 1.32. The van der Waals surface area contributed by atoms with E-state index in [0.717, 1.165) is 0 Å². The summed E-state index contributed by atoms with van der Waals surface area (Å²) in [4.78, 5) is 1.56. The molecule has 23 heavy (non-hydrogen) atoms. The molecule has 0 aliphatic heterocycles. The van der Waals surface area contributed by atoms with E-state index in [2.05, 4.69) is 9.88 Å². The number of sulfonamides is 1. The van der Waals surface area contributed by atoms with Gasteiger partial charge in [-0.3, -0.25) is 0 Å². The highest BCUT2D eigenvalue weighted by molar-refractivity contribution is 7.89. The number of rotatable bonds is 5. The summed E-state index contributed by atoms with van der Waals surface area (Å²) in [6, 6.07) is 8.90. The SMILES string of the molecule is Cc1sc(-c2ccno2)cc1S(=O)(=O)NCc1ccc(F)cc1. The molecule has 0 atom stereocenters. The molecule has 3 aromatic rings. The topological polar surface area (TPSA) is 72.2 Å². The smallest absolute Gasteiger partial charge is 0.241 e. The Morgan fingerprint density at radius 3 is 2.65 bits per heavy atom. The molecule has 0 saturated carbocycles. The maximum absolute atomic E-state index is 12.9. The molecule has 0 amide bonds. The molecule has 120 valence electrons. The third-order valence-electron chi connectivity index (χ3n) is 3.22.